The number of para-hydroxylation sites is 1. The van der Waals surface area contributed by atoms with Crippen LogP contribution in [0.15, 0.2) is 138 Å². The first-order valence-electron chi connectivity index (χ1n) is 14.4. The van der Waals surface area contributed by atoms with Gasteiger partial charge >= 0.3 is 0 Å². The summed E-state index contributed by atoms with van der Waals surface area (Å²) < 4.78 is 9.15. The summed E-state index contributed by atoms with van der Waals surface area (Å²) in [4.78, 5) is 0. The molecule has 2 heteroatoms. The van der Waals surface area contributed by atoms with Crippen LogP contribution in [0.5, 0.6) is 0 Å². The van der Waals surface area contributed by atoms with Gasteiger partial charge < -0.3 is 4.42 Å². The van der Waals surface area contributed by atoms with Crippen LogP contribution >= 0.6 is 11.3 Å². The molecular weight excluding hydrogens is 529 g/mol. The minimum atomic E-state index is 0.935. The van der Waals surface area contributed by atoms with Crippen molar-refractivity contribution in [2.75, 3.05) is 0 Å². The fourth-order valence-corrected chi connectivity index (χ4v) is 8.45. The highest BCUT2D eigenvalue weighted by molar-refractivity contribution is 7.26. The molecule has 42 heavy (non-hydrogen) atoms. The smallest absolute Gasteiger partial charge is 0.136 e. The Balaban J connectivity index is 1.36. The van der Waals surface area contributed by atoms with Crippen molar-refractivity contribution in [2.24, 2.45) is 0 Å². The van der Waals surface area contributed by atoms with Gasteiger partial charge in [-0.2, -0.15) is 0 Å². The molecule has 0 saturated heterocycles. The third kappa shape index (κ3) is 2.92. The Morgan fingerprint density at radius 3 is 1.86 bits per heavy atom. The molecule has 0 aliphatic rings. The fourth-order valence-electron chi connectivity index (χ4n) is 7.21. The predicted octanol–water partition coefficient (Wildman–Crippen LogP) is 12.2. The van der Waals surface area contributed by atoms with E-state index in [9.17, 15) is 0 Å². The monoisotopic (exact) mass is 550 g/mol. The van der Waals surface area contributed by atoms with Gasteiger partial charge in [0.05, 0.1) is 0 Å². The minimum absolute atomic E-state index is 0.935. The van der Waals surface area contributed by atoms with E-state index in [2.05, 4.69) is 133 Å². The van der Waals surface area contributed by atoms with E-state index in [1.54, 1.807) is 0 Å². The number of furan rings is 1. The minimum Gasteiger partial charge on any atom is -0.456 e. The molecule has 0 amide bonds. The molecule has 194 valence electrons. The summed E-state index contributed by atoms with van der Waals surface area (Å²) in [5.41, 5.74) is 6.89. The van der Waals surface area contributed by atoms with Crippen molar-refractivity contribution in [3.63, 3.8) is 0 Å². The Bertz CT molecular complexity index is 2670. The summed E-state index contributed by atoms with van der Waals surface area (Å²) in [5, 5.41) is 12.8. The number of hydrogen-bond donors (Lipinski definition) is 0. The molecule has 0 bridgehead atoms. The second kappa shape index (κ2) is 8.19. The number of benzene rings is 8. The van der Waals surface area contributed by atoms with Crippen LogP contribution in [0.3, 0.4) is 0 Å². The van der Waals surface area contributed by atoms with Crippen LogP contribution in [0.25, 0.3) is 96.7 Å². The highest BCUT2D eigenvalue weighted by Gasteiger charge is 2.21. The van der Waals surface area contributed by atoms with Gasteiger partial charge in [-0.05, 0) is 67.2 Å². The number of thiophene rings is 1. The van der Waals surface area contributed by atoms with Gasteiger partial charge in [0.1, 0.15) is 11.2 Å². The Morgan fingerprint density at radius 2 is 1.05 bits per heavy atom. The van der Waals surface area contributed by atoms with Crippen LogP contribution in [0.2, 0.25) is 0 Å². The highest BCUT2D eigenvalue weighted by atomic mass is 32.1. The average molecular weight is 551 g/mol. The van der Waals surface area contributed by atoms with Gasteiger partial charge in [-0.1, -0.05) is 115 Å². The van der Waals surface area contributed by atoms with E-state index in [-0.39, 0.29) is 0 Å². The molecule has 0 fully saturated rings. The lowest BCUT2D eigenvalue weighted by Gasteiger charge is -2.17. The molecule has 2 heterocycles. The topological polar surface area (TPSA) is 13.1 Å². The van der Waals surface area contributed by atoms with Crippen molar-refractivity contribution >= 4 is 85.8 Å². The van der Waals surface area contributed by atoms with Gasteiger partial charge in [0.2, 0.25) is 0 Å². The van der Waals surface area contributed by atoms with E-state index in [4.69, 9.17) is 4.42 Å². The van der Waals surface area contributed by atoms with Gasteiger partial charge in [0, 0.05) is 36.5 Å². The molecule has 8 aromatic carbocycles. The third-order valence-corrected chi connectivity index (χ3v) is 10.2. The van der Waals surface area contributed by atoms with Gasteiger partial charge in [-0.25, -0.2) is 0 Å². The van der Waals surface area contributed by atoms with E-state index in [0.717, 1.165) is 11.2 Å². The number of rotatable bonds is 2. The Labute approximate surface area is 245 Å². The quantitative estimate of drug-likeness (QED) is 0.195. The zero-order valence-electron chi connectivity index (χ0n) is 22.5. The van der Waals surface area contributed by atoms with Gasteiger partial charge in [0.25, 0.3) is 0 Å². The first-order valence-corrected chi connectivity index (χ1v) is 15.2. The van der Waals surface area contributed by atoms with E-state index in [1.165, 1.54) is 85.5 Å². The molecule has 10 rings (SSSR count). The molecule has 0 atom stereocenters. The van der Waals surface area contributed by atoms with Crippen molar-refractivity contribution in [3.05, 3.63) is 133 Å². The summed E-state index contributed by atoms with van der Waals surface area (Å²) in [6.45, 7) is 0. The zero-order valence-corrected chi connectivity index (χ0v) is 23.3. The van der Waals surface area contributed by atoms with Crippen LogP contribution < -0.4 is 0 Å². The maximum atomic E-state index is 6.54. The normalized spacial score (nSPS) is 12.3. The molecule has 0 spiro atoms. The van der Waals surface area contributed by atoms with Crippen LogP contribution in [-0.2, 0) is 0 Å². The Hall–Kier alpha value is -5.18. The molecule has 0 aliphatic carbocycles. The fraction of sp³-hybridized carbons (Fsp3) is 0. The second-order valence-electron chi connectivity index (χ2n) is 11.2. The Kier molecular flexibility index (Phi) is 4.39. The van der Waals surface area contributed by atoms with E-state index in [0.29, 0.717) is 0 Å². The van der Waals surface area contributed by atoms with Crippen molar-refractivity contribution < 1.29 is 4.42 Å². The lowest BCUT2D eigenvalue weighted by atomic mass is 9.87. The number of hydrogen-bond acceptors (Lipinski definition) is 2. The molecular formula is C40H22OS. The molecule has 0 N–H and O–H groups in total. The second-order valence-corrected chi connectivity index (χ2v) is 12.3. The van der Waals surface area contributed by atoms with Gasteiger partial charge in [-0.15, -0.1) is 11.3 Å². The van der Waals surface area contributed by atoms with Crippen molar-refractivity contribution in [2.45, 2.75) is 0 Å². The van der Waals surface area contributed by atoms with Crippen molar-refractivity contribution in [1.82, 2.24) is 0 Å². The van der Waals surface area contributed by atoms with Crippen LogP contribution in [-0.4, -0.2) is 0 Å². The number of fused-ring (bicyclic) bond motifs is 7. The first kappa shape index (κ1) is 22.5. The zero-order chi connectivity index (χ0) is 27.4. The van der Waals surface area contributed by atoms with Crippen LogP contribution in [0.4, 0.5) is 0 Å². The highest BCUT2D eigenvalue weighted by Crippen LogP contribution is 2.49. The third-order valence-electron chi connectivity index (χ3n) is 9.03. The molecule has 0 aliphatic heterocycles. The summed E-state index contributed by atoms with van der Waals surface area (Å²) in [5.74, 6) is 0. The lowest BCUT2D eigenvalue weighted by molar-refractivity contribution is 0.669. The van der Waals surface area contributed by atoms with E-state index >= 15 is 0 Å². The molecule has 1 nitrogen and oxygen atoms in total. The summed E-state index contributed by atoms with van der Waals surface area (Å²) >= 11 is 1.89. The lowest BCUT2D eigenvalue weighted by Crippen LogP contribution is -1.89. The first-order chi connectivity index (χ1) is 20.8. The summed E-state index contributed by atoms with van der Waals surface area (Å²) in [6, 6.07) is 48.6. The molecule has 2 aromatic heterocycles. The molecule has 0 saturated carbocycles. The largest absolute Gasteiger partial charge is 0.456 e. The van der Waals surface area contributed by atoms with E-state index in [1.807, 2.05) is 11.3 Å². The average Bonchev–Trinajstić information content (AvgIpc) is 3.62. The van der Waals surface area contributed by atoms with Crippen LogP contribution in [0.1, 0.15) is 0 Å². The maximum Gasteiger partial charge on any atom is 0.136 e. The standard InChI is InChI=1S/C40H22OS/c1-2-8-23(9-3-1)26-18-14-24-17-21-29-27(19-15-25-16-20-28(26)36(24)37(25)29)32-22-34-38(30-10-4-6-12-33(30)41-34)39-31-11-5-7-13-35(31)42-40(32)39/h1-22H. The SMILES string of the molecule is c1ccc(-c2ccc3ccc4c(-c5cc6oc7ccccc7c6c6c5sc5ccccc56)ccc5ccc2c3c54)cc1. The Morgan fingerprint density at radius 1 is 0.405 bits per heavy atom. The summed E-state index contributed by atoms with van der Waals surface area (Å²) in [6.07, 6.45) is 0. The molecule has 0 unspecified atom stereocenters. The summed E-state index contributed by atoms with van der Waals surface area (Å²) in [7, 11) is 0. The maximum absolute atomic E-state index is 6.54. The van der Waals surface area contributed by atoms with Crippen molar-refractivity contribution in [3.8, 4) is 22.3 Å². The van der Waals surface area contributed by atoms with Crippen molar-refractivity contribution in [1.29, 1.82) is 0 Å². The van der Waals surface area contributed by atoms with E-state index < -0.39 is 0 Å². The van der Waals surface area contributed by atoms with Gasteiger partial charge in [-0.3, -0.25) is 0 Å². The molecule has 10 aromatic rings. The predicted molar refractivity (Wildman–Crippen MR) is 181 cm³/mol. The van der Waals surface area contributed by atoms with Crippen LogP contribution in [0, 0.1) is 0 Å². The van der Waals surface area contributed by atoms with Gasteiger partial charge in [0.15, 0.2) is 0 Å². The molecule has 0 radical (unpaired) electrons.